The first-order valence-corrected chi connectivity index (χ1v) is 9.26. The number of carboxylic acids is 1. The van der Waals surface area contributed by atoms with Crippen LogP contribution in [-0.2, 0) is 4.79 Å². The number of rotatable bonds is 4. The first-order chi connectivity index (χ1) is 14.4. The van der Waals surface area contributed by atoms with E-state index in [9.17, 15) is 14.7 Å². The van der Waals surface area contributed by atoms with E-state index in [1.807, 2.05) is 31.2 Å². The van der Waals surface area contributed by atoms with Crippen molar-refractivity contribution in [3.8, 4) is 5.75 Å². The van der Waals surface area contributed by atoms with E-state index < -0.39 is 5.97 Å². The molecule has 0 saturated heterocycles. The molecule has 4 rings (SSSR count). The zero-order chi connectivity index (χ0) is 21.3. The van der Waals surface area contributed by atoms with Crippen molar-refractivity contribution in [1.29, 1.82) is 0 Å². The molecule has 6 nitrogen and oxygen atoms in total. The van der Waals surface area contributed by atoms with Crippen LogP contribution in [0.1, 0.15) is 27.0 Å². The number of aryl methyl sites for hydroxylation is 1. The van der Waals surface area contributed by atoms with Crippen molar-refractivity contribution in [3.63, 3.8) is 0 Å². The molecular formula is C24H18N2O4. The number of carboxylic acid groups (broad SMARTS) is 1. The summed E-state index contributed by atoms with van der Waals surface area (Å²) >= 11 is 0. The van der Waals surface area contributed by atoms with Gasteiger partial charge < -0.3 is 10.2 Å². The smallest absolute Gasteiger partial charge is 0.335 e. The molecule has 0 spiro atoms. The fourth-order valence-corrected chi connectivity index (χ4v) is 3.22. The lowest BCUT2D eigenvalue weighted by molar-refractivity contribution is -0.113. The molecule has 1 aliphatic rings. The van der Waals surface area contributed by atoms with Crippen LogP contribution < -0.4 is 4.90 Å². The molecule has 2 N–H and O–H groups in total. The normalized spacial score (nSPS) is 14.8. The maximum absolute atomic E-state index is 13.2. The number of amides is 1. The summed E-state index contributed by atoms with van der Waals surface area (Å²) < 4.78 is 0. The number of carbonyl (C=O) groups excluding carboxylic acids is 1. The van der Waals surface area contributed by atoms with Gasteiger partial charge in [0.05, 0.1) is 11.3 Å². The Morgan fingerprint density at radius 2 is 1.70 bits per heavy atom. The van der Waals surface area contributed by atoms with Gasteiger partial charge in [-0.25, -0.2) is 9.79 Å². The molecule has 0 fully saturated rings. The highest BCUT2D eigenvalue weighted by molar-refractivity contribution is 6.33. The summed E-state index contributed by atoms with van der Waals surface area (Å²) in [6.45, 7) is 1.96. The van der Waals surface area contributed by atoms with Gasteiger partial charge >= 0.3 is 5.97 Å². The van der Waals surface area contributed by atoms with Gasteiger partial charge in [0, 0.05) is 5.56 Å². The average Bonchev–Trinajstić information content (AvgIpc) is 3.05. The summed E-state index contributed by atoms with van der Waals surface area (Å²) in [7, 11) is 0. The molecular weight excluding hydrogens is 380 g/mol. The standard InChI is InChI=1S/C24H18N2O4/c1-15-3-2-4-18(13-15)22-25-21(14-16-5-7-17(8-6-16)24(29)30)23(28)26(22)19-9-11-20(27)12-10-19/h2-14,27H,1H3,(H,29,30)/b21-14+. The Bertz CT molecular complexity index is 1190. The van der Waals surface area contributed by atoms with E-state index in [1.165, 1.54) is 29.2 Å². The van der Waals surface area contributed by atoms with Gasteiger partial charge in [0.25, 0.3) is 5.91 Å². The van der Waals surface area contributed by atoms with E-state index in [-0.39, 0.29) is 22.9 Å². The lowest BCUT2D eigenvalue weighted by Crippen LogP contribution is -2.32. The van der Waals surface area contributed by atoms with Gasteiger partial charge in [-0.2, -0.15) is 0 Å². The van der Waals surface area contributed by atoms with Gasteiger partial charge in [-0.1, -0.05) is 35.9 Å². The number of hydrogen-bond acceptors (Lipinski definition) is 4. The quantitative estimate of drug-likeness (QED) is 0.644. The summed E-state index contributed by atoms with van der Waals surface area (Å²) in [6.07, 6.45) is 1.63. The molecule has 0 saturated carbocycles. The van der Waals surface area contributed by atoms with Crippen LogP contribution in [0.4, 0.5) is 5.69 Å². The van der Waals surface area contributed by atoms with Crippen LogP contribution in [0.3, 0.4) is 0 Å². The molecule has 0 atom stereocenters. The van der Waals surface area contributed by atoms with Gasteiger partial charge in [0.1, 0.15) is 17.3 Å². The second kappa shape index (κ2) is 7.67. The summed E-state index contributed by atoms with van der Waals surface area (Å²) in [5.41, 5.74) is 3.49. The molecule has 1 heterocycles. The number of aromatic hydroxyl groups is 1. The predicted octanol–water partition coefficient (Wildman–Crippen LogP) is 4.23. The molecule has 30 heavy (non-hydrogen) atoms. The third-order valence-electron chi connectivity index (χ3n) is 4.71. The van der Waals surface area contributed by atoms with Gasteiger partial charge in [0.2, 0.25) is 0 Å². The van der Waals surface area contributed by atoms with Crippen molar-refractivity contribution in [1.82, 2.24) is 0 Å². The third kappa shape index (κ3) is 3.71. The van der Waals surface area contributed by atoms with Crippen LogP contribution in [0, 0.1) is 6.92 Å². The Labute approximate surface area is 173 Å². The highest BCUT2D eigenvalue weighted by atomic mass is 16.4. The monoisotopic (exact) mass is 398 g/mol. The molecule has 0 aromatic heterocycles. The Morgan fingerprint density at radius 3 is 2.33 bits per heavy atom. The molecule has 0 unspecified atom stereocenters. The number of phenolic OH excluding ortho intramolecular Hbond substituents is 1. The Hall–Kier alpha value is -4.19. The van der Waals surface area contributed by atoms with Crippen LogP contribution in [0.25, 0.3) is 6.08 Å². The van der Waals surface area contributed by atoms with Crippen LogP contribution in [-0.4, -0.2) is 27.9 Å². The molecule has 0 bridgehead atoms. The number of hydrogen-bond donors (Lipinski definition) is 2. The first-order valence-electron chi connectivity index (χ1n) is 9.26. The molecule has 3 aromatic carbocycles. The zero-order valence-corrected chi connectivity index (χ0v) is 16.1. The van der Waals surface area contributed by atoms with Gasteiger partial charge in [0.15, 0.2) is 0 Å². The molecule has 1 aliphatic heterocycles. The topological polar surface area (TPSA) is 90.2 Å². The fourth-order valence-electron chi connectivity index (χ4n) is 3.22. The average molecular weight is 398 g/mol. The highest BCUT2D eigenvalue weighted by Crippen LogP contribution is 2.29. The van der Waals surface area contributed by atoms with E-state index in [0.29, 0.717) is 17.1 Å². The third-order valence-corrected chi connectivity index (χ3v) is 4.71. The second-order valence-corrected chi connectivity index (χ2v) is 6.92. The van der Waals surface area contributed by atoms with Crippen molar-refractivity contribution in [2.45, 2.75) is 6.92 Å². The highest BCUT2D eigenvalue weighted by Gasteiger charge is 2.32. The molecule has 6 heteroatoms. The van der Waals surface area contributed by atoms with E-state index in [0.717, 1.165) is 11.1 Å². The number of nitrogens with zero attached hydrogens (tertiary/aromatic N) is 2. The molecule has 0 radical (unpaired) electrons. The molecule has 0 aliphatic carbocycles. The van der Waals surface area contributed by atoms with Crippen LogP contribution >= 0.6 is 0 Å². The lowest BCUT2D eigenvalue weighted by atomic mass is 10.1. The van der Waals surface area contributed by atoms with Gasteiger partial charge in [-0.05, 0) is 61.0 Å². The largest absolute Gasteiger partial charge is 0.508 e. The predicted molar refractivity (Wildman–Crippen MR) is 115 cm³/mol. The minimum absolute atomic E-state index is 0.105. The van der Waals surface area contributed by atoms with E-state index in [1.54, 1.807) is 30.3 Å². The minimum atomic E-state index is -1.01. The maximum Gasteiger partial charge on any atom is 0.335 e. The summed E-state index contributed by atoms with van der Waals surface area (Å²) in [6, 6.07) is 20.3. The number of phenols is 1. The van der Waals surface area contributed by atoms with Crippen molar-refractivity contribution in [2.75, 3.05) is 4.90 Å². The summed E-state index contributed by atoms with van der Waals surface area (Å²) in [5.74, 6) is -0.722. The molecule has 1 amide bonds. The first kappa shape index (κ1) is 19.1. The fraction of sp³-hybridized carbons (Fsp3) is 0.0417. The van der Waals surface area contributed by atoms with Crippen LogP contribution in [0.2, 0.25) is 0 Å². The van der Waals surface area contributed by atoms with Crippen molar-refractivity contribution >= 4 is 29.5 Å². The Balaban J connectivity index is 1.79. The zero-order valence-electron chi connectivity index (χ0n) is 16.1. The SMILES string of the molecule is Cc1cccc(C2=N/C(=C/c3ccc(C(=O)O)cc3)C(=O)N2c2ccc(O)cc2)c1. The van der Waals surface area contributed by atoms with Crippen molar-refractivity contribution in [3.05, 3.63) is 101 Å². The molecule has 148 valence electrons. The molecule has 3 aromatic rings. The van der Waals surface area contributed by atoms with E-state index >= 15 is 0 Å². The second-order valence-electron chi connectivity index (χ2n) is 6.92. The maximum atomic E-state index is 13.2. The van der Waals surface area contributed by atoms with E-state index in [4.69, 9.17) is 5.11 Å². The Morgan fingerprint density at radius 1 is 1.00 bits per heavy atom. The lowest BCUT2D eigenvalue weighted by Gasteiger charge is -2.18. The van der Waals surface area contributed by atoms with Crippen molar-refractivity contribution < 1.29 is 19.8 Å². The minimum Gasteiger partial charge on any atom is -0.508 e. The number of amidine groups is 1. The summed E-state index contributed by atoms with van der Waals surface area (Å²) in [5, 5.41) is 18.7. The van der Waals surface area contributed by atoms with Crippen molar-refractivity contribution in [2.24, 2.45) is 4.99 Å². The number of carbonyl (C=O) groups is 2. The number of benzene rings is 3. The van der Waals surface area contributed by atoms with Crippen LogP contribution in [0.5, 0.6) is 5.75 Å². The van der Waals surface area contributed by atoms with Gasteiger partial charge in [-0.3, -0.25) is 9.69 Å². The van der Waals surface area contributed by atoms with Gasteiger partial charge in [-0.15, -0.1) is 0 Å². The number of aromatic carboxylic acids is 1. The van der Waals surface area contributed by atoms with Crippen LogP contribution in [0.15, 0.2) is 83.5 Å². The summed E-state index contributed by atoms with van der Waals surface area (Å²) in [4.78, 5) is 30.4. The van der Waals surface area contributed by atoms with E-state index in [2.05, 4.69) is 4.99 Å². The number of anilines is 1. The Kier molecular flexibility index (Phi) is 4.90. The number of aliphatic imine (C=N–C) groups is 1.